The van der Waals surface area contributed by atoms with E-state index in [1.54, 1.807) is 35.9 Å². The first kappa shape index (κ1) is 21.2. The highest BCUT2D eigenvalue weighted by Crippen LogP contribution is 2.18. The summed E-state index contributed by atoms with van der Waals surface area (Å²) in [6.45, 7) is 9.60. The topological polar surface area (TPSA) is 99.0 Å². The van der Waals surface area contributed by atoms with Gasteiger partial charge in [-0.25, -0.2) is 19.4 Å². The molecule has 0 spiro atoms. The van der Waals surface area contributed by atoms with E-state index < -0.39 is 5.97 Å². The summed E-state index contributed by atoms with van der Waals surface area (Å²) in [5.74, 6) is -0.139. The molecular formula is C22H25N5O3. The molecule has 0 saturated heterocycles. The molecule has 8 heteroatoms. The normalized spacial score (nSPS) is 10.7. The molecule has 156 valence electrons. The second-order valence-corrected chi connectivity index (χ2v) is 7.04. The molecule has 8 nitrogen and oxygen atoms in total. The Morgan fingerprint density at radius 2 is 1.77 bits per heavy atom. The van der Waals surface area contributed by atoms with Crippen molar-refractivity contribution in [3.8, 4) is 5.95 Å². The highest BCUT2D eigenvalue weighted by atomic mass is 16.5. The number of aryl methyl sites for hydroxylation is 3. The summed E-state index contributed by atoms with van der Waals surface area (Å²) in [4.78, 5) is 33.4. The van der Waals surface area contributed by atoms with E-state index in [4.69, 9.17) is 4.74 Å². The van der Waals surface area contributed by atoms with Crippen molar-refractivity contribution in [2.24, 2.45) is 0 Å². The number of aromatic nitrogens is 4. The van der Waals surface area contributed by atoms with Crippen molar-refractivity contribution in [2.45, 2.75) is 41.0 Å². The minimum Gasteiger partial charge on any atom is -0.462 e. The Morgan fingerprint density at radius 3 is 2.43 bits per heavy atom. The molecule has 30 heavy (non-hydrogen) atoms. The molecule has 2 aromatic heterocycles. The van der Waals surface area contributed by atoms with E-state index in [2.05, 4.69) is 20.4 Å². The van der Waals surface area contributed by atoms with E-state index in [-0.39, 0.29) is 12.3 Å². The molecule has 1 N–H and O–H groups in total. The van der Waals surface area contributed by atoms with Crippen LogP contribution in [0.3, 0.4) is 0 Å². The highest BCUT2D eigenvalue weighted by molar-refractivity contribution is 5.95. The van der Waals surface area contributed by atoms with Gasteiger partial charge in [0.1, 0.15) is 0 Å². The molecule has 0 aliphatic rings. The summed E-state index contributed by atoms with van der Waals surface area (Å²) in [6, 6.07) is 8.58. The summed E-state index contributed by atoms with van der Waals surface area (Å²) in [6.07, 6.45) is 0.145. The fourth-order valence-corrected chi connectivity index (χ4v) is 3.23. The van der Waals surface area contributed by atoms with E-state index in [9.17, 15) is 9.59 Å². The van der Waals surface area contributed by atoms with Gasteiger partial charge in [-0.3, -0.25) is 4.79 Å². The zero-order chi connectivity index (χ0) is 21.8. The molecule has 1 amide bonds. The Bertz CT molecular complexity index is 1080. The molecule has 3 rings (SSSR count). The van der Waals surface area contributed by atoms with Gasteiger partial charge in [0.2, 0.25) is 5.91 Å². The Labute approximate surface area is 175 Å². The lowest BCUT2D eigenvalue weighted by atomic mass is 10.1. The van der Waals surface area contributed by atoms with Crippen LogP contribution in [0, 0.1) is 27.7 Å². The van der Waals surface area contributed by atoms with Gasteiger partial charge in [-0.05, 0) is 58.9 Å². The number of amides is 1. The van der Waals surface area contributed by atoms with Crippen LogP contribution in [0.25, 0.3) is 5.95 Å². The molecule has 1 aromatic carbocycles. The predicted molar refractivity (Wildman–Crippen MR) is 113 cm³/mol. The van der Waals surface area contributed by atoms with Gasteiger partial charge in [-0.2, -0.15) is 5.10 Å². The smallest absolute Gasteiger partial charge is 0.338 e. The largest absolute Gasteiger partial charge is 0.462 e. The zero-order valence-corrected chi connectivity index (χ0v) is 17.8. The maximum atomic E-state index is 12.7. The van der Waals surface area contributed by atoms with E-state index >= 15 is 0 Å². The van der Waals surface area contributed by atoms with Crippen LogP contribution in [0.2, 0.25) is 0 Å². The number of hydrogen-bond donors (Lipinski definition) is 1. The number of nitrogens with zero attached hydrogens (tertiary/aromatic N) is 4. The van der Waals surface area contributed by atoms with Crippen LogP contribution < -0.4 is 5.32 Å². The second kappa shape index (κ2) is 8.86. The second-order valence-electron chi connectivity index (χ2n) is 7.04. The van der Waals surface area contributed by atoms with Gasteiger partial charge >= 0.3 is 5.97 Å². The number of benzene rings is 1. The lowest BCUT2D eigenvalue weighted by Gasteiger charge is -2.08. The maximum absolute atomic E-state index is 12.7. The molecule has 0 saturated carbocycles. The van der Waals surface area contributed by atoms with Gasteiger partial charge in [-0.15, -0.1) is 0 Å². The molecule has 0 radical (unpaired) electrons. The van der Waals surface area contributed by atoms with Crippen LogP contribution >= 0.6 is 0 Å². The predicted octanol–water partition coefficient (Wildman–Crippen LogP) is 3.25. The minimum atomic E-state index is -0.421. The third kappa shape index (κ3) is 4.71. The van der Waals surface area contributed by atoms with Crippen molar-refractivity contribution in [2.75, 3.05) is 11.9 Å². The first-order valence-electron chi connectivity index (χ1n) is 9.73. The Kier molecular flexibility index (Phi) is 6.25. The van der Waals surface area contributed by atoms with Gasteiger partial charge < -0.3 is 10.1 Å². The van der Waals surface area contributed by atoms with E-state index in [1.807, 2.05) is 33.8 Å². The molecule has 3 aromatic rings. The standard InChI is InChI=1S/C22H25N5O3/c1-6-30-21(29)17-8-7-9-18(11-17)25-20(28)12-19-15(4)26-27(16(19)5)22-23-13(2)10-14(3)24-22/h7-11H,6,12H2,1-5H3,(H,25,28). The average molecular weight is 407 g/mol. The lowest BCUT2D eigenvalue weighted by molar-refractivity contribution is -0.115. The zero-order valence-electron chi connectivity index (χ0n) is 17.8. The highest BCUT2D eigenvalue weighted by Gasteiger charge is 2.18. The summed E-state index contributed by atoms with van der Waals surface area (Å²) in [5.41, 5.74) is 5.00. The molecule has 0 atom stereocenters. The van der Waals surface area contributed by atoms with Crippen molar-refractivity contribution in [1.29, 1.82) is 0 Å². The van der Waals surface area contributed by atoms with Crippen LogP contribution in [0.5, 0.6) is 0 Å². The Morgan fingerprint density at radius 1 is 1.07 bits per heavy atom. The lowest BCUT2D eigenvalue weighted by Crippen LogP contribution is -2.16. The molecule has 0 aliphatic carbocycles. The van der Waals surface area contributed by atoms with Gasteiger partial charge in [0, 0.05) is 28.3 Å². The summed E-state index contributed by atoms with van der Waals surface area (Å²) < 4.78 is 6.67. The number of carbonyl (C=O) groups excluding carboxylic acids is 2. The summed E-state index contributed by atoms with van der Waals surface area (Å²) in [5, 5.41) is 7.37. The third-order valence-corrected chi connectivity index (χ3v) is 4.60. The van der Waals surface area contributed by atoms with Crippen molar-refractivity contribution in [1.82, 2.24) is 19.7 Å². The van der Waals surface area contributed by atoms with E-state index in [0.717, 1.165) is 28.3 Å². The van der Waals surface area contributed by atoms with Gasteiger partial charge in [0.05, 0.1) is 24.3 Å². The average Bonchev–Trinajstić information content (AvgIpc) is 2.96. The van der Waals surface area contributed by atoms with Crippen molar-refractivity contribution >= 4 is 17.6 Å². The van der Waals surface area contributed by atoms with Gasteiger partial charge in [0.25, 0.3) is 5.95 Å². The Balaban J connectivity index is 1.79. The fourth-order valence-electron chi connectivity index (χ4n) is 3.23. The Hall–Kier alpha value is -3.55. The molecule has 0 aliphatic heterocycles. The van der Waals surface area contributed by atoms with Gasteiger partial charge in [-0.1, -0.05) is 6.07 Å². The SMILES string of the molecule is CCOC(=O)c1cccc(NC(=O)Cc2c(C)nn(-c3nc(C)cc(C)n3)c2C)c1. The van der Waals surface area contributed by atoms with Crippen LogP contribution in [-0.4, -0.2) is 38.2 Å². The van der Waals surface area contributed by atoms with Crippen LogP contribution in [0.15, 0.2) is 30.3 Å². The van der Waals surface area contributed by atoms with Crippen molar-refractivity contribution in [3.05, 3.63) is 64.2 Å². The molecule has 2 heterocycles. The summed E-state index contributed by atoms with van der Waals surface area (Å²) >= 11 is 0. The number of hydrogen-bond acceptors (Lipinski definition) is 6. The summed E-state index contributed by atoms with van der Waals surface area (Å²) in [7, 11) is 0. The number of ether oxygens (including phenoxy) is 1. The van der Waals surface area contributed by atoms with Crippen LogP contribution in [0.4, 0.5) is 5.69 Å². The van der Waals surface area contributed by atoms with Crippen molar-refractivity contribution < 1.29 is 14.3 Å². The van der Waals surface area contributed by atoms with Gasteiger partial charge in [0.15, 0.2) is 0 Å². The van der Waals surface area contributed by atoms with Crippen LogP contribution in [0.1, 0.15) is 45.6 Å². The van der Waals surface area contributed by atoms with E-state index in [0.29, 0.717) is 23.8 Å². The molecule has 0 bridgehead atoms. The number of esters is 1. The first-order chi connectivity index (χ1) is 14.3. The maximum Gasteiger partial charge on any atom is 0.338 e. The monoisotopic (exact) mass is 407 g/mol. The number of rotatable bonds is 6. The van der Waals surface area contributed by atoms with Crippen molar-refractivity contribution in [3.63, 3.8) is 0 Å². The number of nitrogens with one attached hydrogen (secondary N) is 1. The number of carbonyl (C=O) groups is 2. The molecule has 0 unspecified atom stereocenters. The fraction of sp³-hybridized carbons (Fsp3) is 0.318. The van der Waals surface area contributed by atoms with Crippen LogP contribution in [-0.2, 0) is 16.0 Å². The van der Waals surface area contributed by atoms with E-state index in [1.165, 1.54) is 0 Å². The molecular weight excluding hydrogens is 382 g/mol. The number of anilines is 1. The quantitative estimate of drug-likeness (QED) is 0.630. The minimum absolute atomic E-state index is 0.145. The molecule has 0 fully saturated rings. The first-order valence-corrected chi connectivity index (χ1v) is 9.73. The third-order valence-electron chi connectivity index (χ3n) is 4.60.